The lowest BCUT2D eigenvalue weighted by Crippen LogP contribution is -2.21. The molecule has 8 bridgehead atoms. The first-order valence-electron chi connectivity index (χ1n) is 18.1. The lowest BCUT2D eigenvalue weighted by atomic mass is 10.0. The van der Waals surface area contributed by atoms with Gasteiger partial charge in [0.1, 0.15) is 0 Å². The third-order valence-corrected chi connectivity index (χ3v) is 10.4. The molecule has 0 atom stereocenters. The fourth-order valence-corrected chi connectivity index (χ4v) is 7.64. The number of aromatic amines is 4. The molecule has 1 aromatic carbocycles. The predicted molar refractivity (Wildman–Crippen MR) is 213 cm³/mol. The van der Waals surface area contributed by atoms with Crippen LogP contribution in [-0.4, -0.2) is 80.3 Å². The molecule has 0 saturated heterocycles. The first kappa shape index (κ1) is 32.9. The van der Waals surface area contributed by atoms with Crippen LogP contribution in [0.25, 0.3) is 22.3 Å². The monoisotopic (exact) mass is 712 g/mol. The summed E-state index contributed by atoms with van der Waals surface area (Å²) in [4.78, 5) is 33.3. The second-order valence-corrected chi connectivity index (χ2v) is 14.2. The van der Waals surface area contributed by atoms with Gasteiger partial charge in [0.15, 0.2) is 0 Å². The third-order valence-electron chi connectivity index (χ3n) is 10.4. The number of nitrogens with zero attached hydrogens (tertiary/aromatic N) is 4. The summed E-state index contributed by atoms with van der Waals surface area (Å²) in [5.41, 5.74) is 11.8. The van der Waals surface area contributed by atoms with E-state index in [0.717, 1.165) is 108 Å². The van der Waals surface area contributed by atoms with E-state index in [4.69, 9.17) is 0 Å². The summed E-state index contributed by atoms with van der Waals surface area (Å²) >= 11 is 0. The zero-order valence-electron chi connectivity index (χ0n) is 30.4. The molecule has 5 aromatic rings. The number of allylic oxidation sites excluding steroid dienone is 6. The molecular formula is C44H40N8O2. The van der Waals surface area contributed by atoms with Crippen LogP contribution in [0.3, 0.4) is 0 Å². The van der Waals surface area contributed by atoms with Crippen molar-refractivity contribution in [3.05, 3.63) is 204 Å². The van der Waals surface area contributed by atoms with Crippen molar-refractivity contribution in [3.63, 3.8) is 0 Å². The molecule has 4 N–H and O–H groups in total. The van der Waals surface area contributed by atoms with Gasteiger partial charge in [0, 0.05) is 119 Å². The van der Waals surface area contributed by atoms with Crippen molar-refractivity contribution in [2.75, 3.05) is 40.8 Å². The maximum atomic E-state index is 12.0. The summed E-state index contributed by atoms with van der Waals surface area (Å²) in [6, 6.07) is 23.9. The molecule has 0 fully saturated rings. The highest BCUT2D eigenvalue weighted by Crippen LogP contribution is 2.30. The van der Waals surface area contributed by atoms with E-state index < -0.39 is 0 Å². The SMILES string of the molecule is CN1C=CC(C2=c3ccc([nH]3)=C(C3=CCN(C)C=C3)c3ccc([nH]3)C(c3cccc([N+](=O)[O-])c3)=c3ccc([nH]3)=C(C3=CCN(C)C=C3)c3ccc2[nH]3)=CC1. The maximum absolute atomic E-state index is 12.0. The number of likely N-dealkylation sites (N-methyl/N-ethyl adjacent to an activating group) is 3. The largest absolute Gasteiger partial charge is 0.377 e. The Morgan fingerprint density at radius 2 is 0.907 bits per heavy atom. The molecule has 4 aliphatic rings. The van der Waals surface area contributed by atoms with Crippen LogP contribution in [0, 0.1) is 10.1 Å². The Labute approximate surface area is 312 Å². The van der Waals surface area contributed by atoms with Crippen LogP contribution < -0.4 is 21.4 Å². The van der Waals surface area contributed by atoms with Crippen LogP contribution in [0.1, 0.15) is 28.3 Å². The summed E-state index contributed by atoms with van der Waals surface area (Å²) < 4.78 is 0. The van der Waals surface area contributed by atoms with E-state index in [9.17, 15) is 10.1 Å². The van der Waals surface area contributed by atoms with E-state index in [2.05, 4.69) is 159 Å². The number of aromatic nitrogens is 4. The predicted octanol–water partition coefficient (Wildman–Crippen LogP) is 4.22. The van der Waals surface area contributed by atoms with Gasteiger partial charge in [0.2, 0.25) is 0 Å². The molecule has 10 heteroatoms. The molecule has 0 spiro atoms. The molecule has 4 aliphatic heterocycles. The van der Waals surface area contributed by atoms with Gasteiger partial charge in [-0.25, -0.2) is 0 Å². The molecule has 8 heterocycles. The van der Waals surface area contributed by atoms with E-state index in [0.29, 0.717) is 0 Å². The molecule has 9 rings (SSSR count). The Balaban J connectivity index is 1.40. The normalized spacial score (nSPS) is 16.9. The Bertz CT molecular complexity index is 2790. The average Bonchev–Trinajstić information content (AvgIpc) is 4.02. The highest BCUT2D eigenvalue weighted by molar-refractivity contribution is 5.86. The van der Waals surface area contributed by atoms with Crippen LogP contribution in [0.15, 0.2) is 145 Å². The summed E-state index contributed by atoms with van der Waals surface area (Å²) in [7, 11) is 6.21. The molecule has 0 saturated carbocycles. The summed E-state index contributed by atoms with van der Waals surface area (Å²) in [6.07, 6.45) is 19.6. The lowest BCUT2D eigenvalue weighted by molar-refractivity contribution is -0.384. The van der Waals surface area contributed by atoms with Crippen molar-refractivity contribution in [1.29, 1.82) is 0 Å². The Kier molecular flexibility index (Phi) is 8.07. The minimum atomic E-state index is -0.343. The highest BCUT2D eigenvalue weighted by Gasteiger charge is 2.21. The van der Waals surface area contributed by atoms with E-state index in [1.807, 2.05) is 6.07 Å². The third kappa shape index (κ3) is 5.97. The Hall–Kier alpha value is -6.94. The van der Waals surface area contributed by atoms with Gasteiger partial charge >= 0.3 is 0 Å². The van der Waals surface area contributed by atoms with Gasteiger partial charge in [-0.15, -0.1) is 0 Å². The smallest absolute Gasteiger partial charge is 0.270 e. The fraction of sp³-hybridized carbons (Fsp3) is 0.136. The summed E-state index contributed by atoms with van der Waals surface area (Å²) in [6.45, 7) is 2.37. The number of fused-ring (bicyclic) bond motifs is 8. The molecule has 268 valence electrons. The van der Waals surface area contributed by atoms with Crippen molar-refractivity contribution in [3.8, 4) is 0 Å². The van der Waals surface area contributed by atoms with E-state index in [1.165, 1.54) is 6.07 Å². The van der Waals surface area contributed by atoms with E-state index in [1.54, 1.807) is 12.1 Å². The minimum Gasteiger partial charge on any atom is -0.377 e. The average molecular weight is 713 g/mol. The summed E-state index contributed by atoms with van der Waals surface area (Å²) in [5.74, 6) is 0. The molecule has 0 radical (unpaired) electrons. The molecule has 0 amide bonds. The number of nitrogens with one attached hydrogen (secondary N) is 4. The van der Waals surface area contributed by atoms with Gasteiger partial charge in [-0.05, 0) is 108 Å². The number of benzene rings is 1. The number of H-pyrrole nitrogens is 4. The Morgan fingerprint density at radius 3 is 1.28 bits per heavy atom. The zero-order valence-corrected chi connectivity index (χ0v) is 30.4. The van der Waals surface area contributed by atoms with Gasteiger partial charge in [0.05, 0.1) is 4.92 Å². The van der Waals surface area contributed by atoms with Gasteiger partial charge in [-0.1, -0.05) is 30.4 Å². The Morgan fingerprint density at radius 1 is 0.519 bits per heavy atom. The van der Waals surface area contributed by atoms with Crippen molar-refractivity contribution in [2.45, 2.75) is 0 Å². The molecule has 10 nitrogen and oxygen atoms in total. The number of non-ortho nitro benzene ring substituents is 1. The van der Waals surface area contributed by atoms with Crippen LogP contribution in [0.2, 0.25) is 0 Å². The second-order valence-electron chi connectivity index (χ2n) is 14.2. The van der Waals surface area contributed by atoms with Crippen molar-refractivity contribution < 1.29 is 4.92 Å². The van der Waals surface area contributed by atoms with Gasteiger partial charge in [-0.2, -0.15) is 0 Å². The van der Waals surface area contributed by atoms with Gasteiger partial charge < -0.3 is 34.6 Å². The zero-order chi connectivity index (χ0) is 36.9. The van der Waals surface area contributed by atoms with Crippen molar-refractivity contribution in [2.24, 2.45) is 0 Å². The number of nitro benzene ring substituents is 1. The maximum Gasteiger partial charge on any atom is 0.270 e. The molecule has 54 heavy (non-hydrogen) atoms. The number of rotatable bonds is 5. The van der Waals surface area contributed by atoms with E-state index in [-0.39, 0.29) is 10.6 Å². The standard InChI is InChI=1S/C44H40N8O2/c1-49-21-15-28(16-22-49)41-33-7-9-35(45-33)42(29-17-23-50(2)24-18-29)37-11-13-39(47-37)44(31-5-4-6-32(27-31)52(53)54)40-14-12-38(48-40)43(36-10-8-34(41)46-36)30-19-25-51(3)26-20-30/h4-21,23,25,27,45-48H,22,24,26H2,1-3H3. The highest BCUT2D eigenvalue weighted by atomic mass is 16.6. The molecular weight excluding hydrogens is 673 g/mol. The molecule has 4 aromatic heterocycles. The van der Waals surface area contributed by atoms with Crippen molar-refractivity contribution >= 4 is 28.0 Å². The molecule has 0 aliphatic carbocycles. The lowest BCUT2D eigenvalue weighted by Gasteiger charge is -2.19. The minimum absolute atomic E-state index is 0.0351. The number of hydrogen-bond acceptors (Lipinski definition) is 5. The van der Waals surface area contributed by atoms with Crippen LogP contribution in [0.5, 0.6) is 0 Å². The number of nitro groups is 1. The second kappa shape index (κ2) is 13.2. The fourth-order valence-electron chi connectivity index (χ4n) is 7.64. The first-order valence-corrected chi connectivity index (χ1v) is 18.1. The quantitative estimate of drug-likeness (QED) is 0.161. The van der Waals surface area contributed by atoms with E-state index >= 15 is 0 Å². The first-order chi connectivity index (χ1) is 26.3. The van der Waals surface area contributed by atoms with Gasteiger partial charge in [0.25, 0.3) is 5.69 Å². The van der Waals surface area contributed by atoms with Crippen LogP contribution in [-0.2, 0) is 0 Å². The van der Waals surface area contributed by atoms with Crippen LogP contribution >= 0.6 is 0 Å². The molecule has 0 unspecified atom stereocenters. The summed E-state index contributed by atoms with van der Waals surface area (Å²) in [5, 5.41) is 15.7. The van der Waals surface area contributed by atoms with Gasteiger partial charge in [-0.3, -0.25) is 10.1 Å². The topological polar surface area (TPSA) is 116 Å². The van der Waals surface area contributed by atoms with Crippen molar-refractivity contribution in [1.82, 2.24) is 34.6 Å². The number of hydrogen-bond donors (Lipinski definition) is 4. The van der Waals surface area contributed by atoms with Crippen LogP contribution in [0.4, 0.5) is 5.69 Å².